The molecule has 2 aromatic heterocycles. The summed E-state index contributed by atoms with van der Waals surface area (Å²) in [5.41, 5.74) is -1.55. The second-order valence-corrected chi connectivity index (χ2v) is 10.7. The summed E-state index contributed by atoms with van der Waals surface area (Å²) < 4.78 is 126. The number of hydrogen-bond acceptors (Lipinski definition) is 8. The van der Waals surface area contributed by atoms with Crippen LogP contribution in [0.15, 0.2) is 24.5 Å². The van der Waals surface area contributed by atoms with Crippen LogP contribution in [0.25, 0.3) is 0 Å². The number of aromatic nitrogens is 2. The highest BCUT2D eigenvalue weighted by Gasteiger charge is 2.33. The van der Waals surface area contributed by atoms with Crippen molar-refractivity contribution >= 4 is 43.4 Å². The van der Waals surface area contributed by atoms with Crippen LogP contribution in [-0.2, 0) is 65.9 Å². The van der Waals surface area contributed by atoms with Gasteiger partial charge in [-0.15, -0.1) is 23.2 Å². The molecule has 18 heteroatoms. The van der Waals surface area contributed by atoms with Gasteiger partial charge < -0.3 is 0 Å². The van der Waals surface area contributed by atoms with Crippen molar-refractivity contribution in [1.82, 2.24) is 9.97 Å². The number of nitrogens with zero attached hydrogens (tertiary/aromatic N) is 2. The average molecular weight is 607 g/mol. The normalized spacial score (nSPS) is 12.7. The van der Waals surface area contributed by atoms with Crippen LogP contribution in [0, 0.1) is 0 Å². The Morgan fingerprint density at radius 3 is 1.42 bits per heavy atom. The van der Waals surface area contributed by atoms with Crippen molar-refractivity contribution in [3.8, 4) is 0 Å². The van der Waals surface area contributed by atoms with Crippen molar-refractivity contribution in [2.75, 3.05) is 12.5 Å². The van der Waals surface area contributed by atoms with Gasteiger partial charge in [0, 0.05) is 29.7 Å². The molecule has 204 valence electrons. The molecule has 0 fully saturated rings. The fourth-order valence-electron chi connectivity index (χ4n) is 2.21. The molecule has 0 radical (unpaired) electrons. The molecule has 0 saturated carbocycles. The number of halogens is 8. The van der Waals surface area contributed by atoms with Crippen LogP contribution in [0.4, 0.5) is 26.3 Å². The van der Waals surface area contributed by atoms with Gasteiger partial charge in [0.15, 0.2) is 0 Å². The van der Waals surface area contributed by atoms with Gasteiger partial charge in [-0.2, -0.15) is 43.2 Å². The molecule has 2 aromatic rings. The van der Waals surface area contributed by atoms with E-state index in [-0.39, 0.29) is 34.0 Å². The first-order valence-electron chi connectivity index (χ1n) is 9.17. The molecule has 0 bridgehead atoms. The molecule has 0 amide bonds. The molecule has 0 aromatic carbocycles. The highest BCUT2D eigenvalue weighted by molar-refractivity contribution is 7.86. The SMILES string of the molecule is CS(=O)(=O)OCc1cc(C(F)(F)F)ncc1CCl.CS(=O)(=O)OCc1cnc(C(F)(F)F)cc1CCl. The lowest BCUT2D eigenvalue weighted by atomic mass is 10.1. The van der Waals surface area contributed by atoms with E-state index in [1.54, 1.807) is 0 Å². The van der Waals surface area contributed by atoms with Gasteiger partial charge in [-0.05, 0) is 28.8 Å². The molecule has 2 heterocycles. The molecule has 0 N–H and O–H groups in total. The number of hydrogen-bond donors (Lipinski definition) is 0. The summed E-state index contributed by atoms with van der Waals surface area (Å²) in [5.74, 6) is -0.290. The van der Waals surface area contributed by atoms with Crippen molar-refractivity contribution < 1.29 is 51.5 Å². The summed E-state index contributed by atoms with van der Waals surface area (Å²) in [6, 6.07) is 1.50. The maximum Gasteiger partial charge on any atom is 0.433 e. The molecule has 0 aliphatic rings. The molecule has 0 spiro atoms. The molecular formula is C18H18Cl2F6N2O6S2. The van der Waals surface area contributed by atoms with Gasteiger partial charge in [0.2, 0.25) is 0 Å². The van der Waals surface area contributed by atoms with E-state index in [9.17, 15) is 43.2 Å². The van der Waals surface area contributed by atoms with Gasteiger partial charge in [-0.1, -0.05) is 0 Å². The van der Waals surface area contributed by atoms with Crippen LogP contribution in [0.3, 0.4) is 0 Å². The van der Waals surface area contributed by atoms with Gasteiger partial charge in [0.05, 0.1) is 25.7 Å². The summed E-state index contributed by atoms with van der Waals surface area (Å²) in [5, 5.41) is 0. The zero-order valence-electron chi connectivity index (χ0n) is 18.3. The summed E-state index contributed by atoms with van der Waals surface area (Å²) in [4.78, 5) is 6.41. The third-order valence-corrected chi connectivity index (χ3v) is 5.56. The number of alkyl halides is 8. The molecule has 0 aliphatic carbocycles. The predicted molar refractivity (Wildman–Crippen MR) is 117 cm³/mol. The van der Waals surface area contributed by atoms with E-state index in [0.29, 0.717) is 0 Å². The van der Waals surface area contributed by atoms with Gasteiger partial charge in [0.25, 0.3) is 20.2 Å². The van der Waals surface area contributed by atoms with Crippen LogP contribution in [0.5, 0.6) is 0 Å². The minimum absolute atomic E-state index is 0.0396. The van der Waals surface area contributed by atoms with E-state index in [2.05, 4.69) is 18.3 Å². The minimum atomic E-state index is -4.61. The van der Waals surface area contributed by atoms with Gasteiger partial charge in [-0.3, -0.25) is 18.3 Å². The minimum Gasteiger partial charge on any atom is -0.265 e. The Kier molecular flexibility index (Phi) is 11.4. The Labute approximate surface area is 212 Å². The largest absolute Gasteiger partial charge is 0.433 e. The van der Waals surface area contributed by atoms with Crippen LogP contribution in [0.1, 0.15) is 33.6 Å². The second kappa shape index (κ2) is 12.7. The van der Waals surface area contributed by atoms with Crippen LogP contribution < -0.4 is 0 Å². The third kappa shape index (κ3) is 11.6. The molecule has 0 unspecified atom stereocenters. The van der Waals surface area contributed by atoms with E-state index in [1.165, 1.54) is 0 Å². The maximum atomic E-state index is 12.4. The fraction of sp³-hybridized carbons (Fsp3) is 0.444. The van der Waals surface area contributed by atoms with Crippen molar-refractivity contribution in [2.24, 2.45) is 0 Å². The average Bonchev–Trinajstić information content (AvgIpc) is 2.74. The smallest absolute Gasteiger partial charge is 0.265 e. The Morgan fingerprint density at radius 1 is 0.694 bits per heavy atom. The van der Waals surface area contributed by atoms with E-state index < -0.39 is 57.2 Å². The lowest BCUT2D eigenvalue weighted by Gasteiger charge is -2.11. The van der Waals surface area contributed by atoms with Crippen LogP contribution in [-0.4, -0.2) is 39.3 Å². The first kappa shape index (κ1) is 32.3. The topological polar surface area (TPSA) is 113 Å². The van der Waals surface area contributed by atoms with Crippen LogP contribution >= 0.6 is 23.2 Å². The molecule has 2 rings (SSSR count). The first-order valence-corrected chi connectivity index (χ1v) is 13.9. The van der Waals surface area contributed by atoms with E-state index >= 15 is 0 Å². The second-order valence-electron chi connectivity index (χ2n) is 6.87. The molecule has 8 nitrogen and oxygen atoms in total. The van der Waals surface area contributed by atoms with Gasteiger partial charge in [-0.25, -0.2) is 0 Å². The lowest BCUT2D eigenvalue weighted by Crippen LogP contribution is -2.11. The van der Waals surface area contributed by atoms with Gasteiger partial charge >= 0.3 is 12.4 Å². The maximum absolute atomic E-state index is 12.4. The third-order valence-electron chi connectivity index (χ3n) is 3.89. The number of rotatable bonds is 8. The summed E-state index contributed by atoms with van der Waals surface area (Å²) in [6.45, 7) is -0.904. The fourth-order valence-corrected chi connectivity index (χ4v) is 3.38. The van der Waals surface area contributed by atoms with E-state index in [0.717, 1.165) is 37.0 Å². The predicted octanol–water partition coefficient (Wildman–Crippen LogP) is 4.63. The van der Waals surface area contributed by atoms with Crippen LogP contribution in [0.2, 0.25) is 0 Å². The first-order chi connectivity index (χ1) is 16.3. The number of pyridine rings is 2. The Balaban J connectivity index is 0.000000360. The molecule has 0 aliphatic heterocycles. The zero-order valence-corrected chi connectivity index (χ0v) is 21.5. The molecule has 0 saturated heterocycles. The van der Waals surface area contributed by atoms with E-state index in [1.807, 2.05) is 0 Å². The Hall–Kier alpha value is -1.72. The van der Waals surface area contributed by atoms with Crippen molar-refractivity contribution in [2.45, 2.75) is 37.3 Å². The molecule has 0 atom stereocenters. The molecule has 36 heavy (non-hydrogen) atoms. The molecular weight excluding hydrogens is 589 g/mol. The quantitative estimate of drug-likeness (QED) is 0.243. The standard InChI is InChI=1S/2C9H9ClF3NO3S/c1-18(15,16)17-5-6-2-8(9(11,12)13)14-4-7(6)3-10;1-18(15,16)17-5-7-4-14-8(9(11,12)13)2-6(7)3-10/h2*2,4H,3,5H2,1H3. The highest BCUT2D eigenvalue weighted by atomic mass is 35.5. The lowest BCUT2D eigenvalue weighted by molar-refractivity contribution is -0.142. The van der Waals surface area contributed by atoms with Crippen molar-refractivity contribution in [1.29, 1.82) is 0 Å². The summed E-state index contributed by atoms with van der Waals surface area (Å²) in [7, 11) is -7.42. The van der Waals surface area contributed by atoms with Gasteiger partial charge in [0.1, 0.15) is 11.4 Å². The zero-order chi connectivity index (χ0) is 27.9. The van der Waals surface area contributed by atoms with E-state index in [4.69, 9.17) is 23.2 Å². The Morgan fingerprint density at radius 2 is 1.06 bits per heavy atom. The highest BCUT2D eigenvalue weighted by Crippen LogP contribution is 2.30. The summed E-state index contributed by atoms with van der Waals surface area (Å²) >= 11 is 11.0. The van der Waals surface area contributed by atoms with Crippen molar-refractivity contribution in [3.63, 3.8) is 0 Å². The Bertz CT molecular complexity index is 1260. The monoisotopic (exact) mass is 606 g/mol. The summed E-state index contributed by atoms with van der Waals surface area (Å²) in [6.07, 6.45) is -5.67. The van der Waals surface area contributed by atoms with Crippen molar-refractivity contribution in [3.05, 3.63) is 58.2 Å².